The van der Waals surface area contributed by atoms with Gasteiger partial charge in [-0.2, -0.15) is 0 Å². The van der Waals surface area contributed by atoms with Gasteiger partial charge in [0.25, 0.3) is 0 Å². The van der Waals surface area contributed by atoms with Crippen molar-refractivity contribution < 1.29 is 0 Å². The Balaban J connectivity index is 0.000000213. The molecular formula is C39H62N8. The van der Waals surface area contributed by atoms with E-state index in [1.165, 1.54) is 65.4 Å². The summed E-state index contributed by atoms with van der Waals surface area (Å²) in [6, 6.07) is 17.3. The topological polar surface area (TPSA) is 89.8 Å². The summed E-state index contributed by atoms with van der Waals surface area (Å²) in [7, 11) is 0. The fraction of sp³-hybridized carbons (Fsp3) is 0.590. The Morgan fingerprint density at radius 3 is 1.51 bits per heavy atom. The van der Waals surface area contributed by atoms with E-state index in [4.69, 9.17) is 9.98 Å². The Bertz CT molecular complexity index is 1330. The van der Waals surface area contributed by atoms with Gasteiger partial charge in [0.1, 0.15) is 0 Å². The van der Waals surface area contributed by atoms with Gasteiger partial charge in [-0.3, -0.25) is 9.98 Å². The van der Waals surface area contributed by atoms with Crippen molar-refractivity contribution >= 4 is 22.2 Å². The van der Waals surface area contributed by atoms with Crippen LogP contribution in [0.1, 0.15) is 81.3 Å². The van der Waals surface area contributed by atoms with Crippen molar-refractivity contribution in [1.82, 2.24) is 31.2 Å². The minimum atomic E-state index is 0.880. The van der Waals surface area contributed by atoms with E-state index in [1.807, 2.05) is 0 Å². The van der Waals surface area contributed by atoms with Crippen LogP contribution in [0, 0.1) is 6.92 Å². The average Bonchev–Trinajstić information content (AvgIpc) is 3.35. The lowest BCUT2D eigenvalue weighted by atomic mass is 10.0. The van der Waals surface area contributed by atoms with Crippen molar-refractivity contribution in [2.75, 3.05) is 72.0 Å². The number of aromatic nitrogens is 1. The second-order valence-electron chi connectivity index (χ2n) is 12.9. The highest BCUT2D eigenvalue weighted by Crippen LogP contribution is 2.26. The molecular weight excluding hydrogens is 580 g/mol. The van der Waals surface area contributed by atoms with Gasteiger partial charge < -0.3 is 31.2 Å². The molecule has 8 nitrogen and oxygen atoms in total. The fourth-order valence-corrected chi connectivity index (χ4v) is 6.47. The molecule has 0 amide bonds. The highest BCUT2D eigenvalue weighted by Gasteiger charge is 2.13. The predicted molar refractivity (Wildman–Crippen MR) is 203 cm³/mol. The van der Waals surface area contributed by atoms with Gasteiger partial charge in [0.2, 0.25) is 0 Å². The number of rotatable bonds is 0. The fourth-order valence-electron chi connectivity index (χ4n) is 6.47. The van der Waals surface area contributed by atoms with E-state index in [2.05, 4.69) is 100 Å². The molecule has 0 radical (unpaired) electrons. The van der Waals surface area contributed by atoms with E-state index in [0.29, 0.717) is 0 Å². The van der Waals surface area contributed by atoms with Gasteiger partial charge in [-0.05, 0) is 112 Å². The van der Waals surface area contributed by atoms with Gasteiger partial charge in [0.15, 0.2) is 0 Å². The second kappa shape index (κ2) is 21.9. The second-order valence-corrected chi connectivity index (χ2v) is 12.9. The molecule has 0 bridgehead atoms. The summed E-state index contributed by atoms with van der Waals surface area (Å²) >= 11 is 0. The van der Waals surface area contributed by atoms with Crippen LogP contribution >= 0.6 is 0 Å². The molecule has 47 heavy (non-hydrogen) atoms. The predicted octanol–water partition coefficient (Wildman–Crippen LogP) is 5.46. The molecule has 2 aromatic carbocycles. The zero-order chi connectivity index (χ0) is 32.9. The summed E-state index contributed by atoms with van der Waals surface area (Å²) in [5, 5.41) is 20.6. The minimum absolute atomic E-state index is 0.880. The maximum atomic E-state index is 4.77. The van der Waals surface area contributed by atoms with E-state index in [9.17, 15) is 0 Å². The van der Waals surface area contributed by atoms with Crippen LogP contribution in [0.25, 0.3) is 10.8 Å². The lowest BCUT2D eigenvalue weighted by Crippen LogP contribution is -2.28. The van der Waals surface area contributed by atoms with Crippen LogP contribution in [0.15, 0.2) is 58.5 Å². The standard InChI is InChI=1S/C20H32N4.C19H30N4/c1-17-19-9-3-4-10-20(19)18(2)24-16-8-14-22-12-6-5-11-21-13-7-15-23-17;1-16-17-7-2-3-8-18(17)19-15-22-13-12-21-10-5-4-9-20-11-6-14-23(16)19/h3-4,9-10,21-22H,5-8,11-16H2,1-2H3;2-3,7-8,20-22H,4-6,9-15H2,1H3. The third kappa shape index (κ3) is 12.6. The van der Waals surface area contributed by atoms with Crippen molar-refractivity contribution in [3.63, 3.8) is 0 Å². The molecule has 0 aliphatic carbocycles. The Labute approximate surface area is 284 Å². The zero-order valence-electron chi connectivity index (χ0n) is 29.6. The van der Waals surface area contributed by atoms with Gasteiger partial charge >= 0.3 is 0 Å². The van der Waals surface area contributed by atoms with Crippen LogP contribution in [0.3, 0.4) is 0 Å². The Morgan fingerprint density at radius 1 is 0.489 bits per heavy atom. The van der Waals surface area contributed by atoms with Crippen LogP contribution in [-0.2, 0) is 13.1 Å². The van der Waals surface area contributed by atoms with Gasteiger partial charge in [-0.15, -0.1) is 0 Å². The number of nitrogens with one attached hydrogen (secondary N) is 5. The van der Waals surface area contributed by atoms with Crippen molar-refractivity contribution in [3.05, 3.63) is 71.0 Å². The first kappa shape index (κ1) is 36.9. The van der Waals surface area contributed by atoms with Crippen LogP contribution in [0.2, 0.25) is 0 Å². The summed E-state index contributed by atoms with van der Waals surface area (Å²) < 4.78 is 2.52. The molecule has 5 rings (SSSR count). The highest BCUT2D eigenvalue weighted by atomic mass is 15.0. The summed E-state index contributed by atoms with van der Waals surface area (Å²) in [6.07, 6.45) is 8.36. The molecule has 3 heterocycles. The van der Waals surface area contributed by atoms with Crippen molar-refractivity contribution in [3.8, 4) is 0 Å². The molecule has 3 aromatic rings. The maximum Gasteiger partial charge on any atom is 0.0404 e. The molecule has 0 saturated carbocycles. The van der Waals surface area contributed by atoms with Gasteiger partial charge in [-0.1, -0.05) is 48.5 Å². The van der Waals surface area contributed by atoms with Gasteiger partial charge in [-0.25, -0.2) is 0 Å². The van der Waals surface area contributed by atoms with Crippen LogP contribution in [-0.4, -0.2) is 88.0 Å². The van der Waals surface area contributed by atoms with E-state index >= 15 is 0 Å². The first-order valence-electron chi connectivity index (χ1n) is 18.4. The van der Waals surface area contributed by atoms with Gasteiger partial charge in [0.05, 0.1) is 0 Å². The summed E-state index contributed by atoms with van der Waals surface area (Å²) in [4.78, 5) is 9.55. The van der Waals surface area contributed by atoms with E-state index < -0.39 is 0 Å². The first-order valence-corrected chi connectivity index (χ1v) is 18.4. The quantitative estimate of drug-likeness (QED) is 0.225. The first-order chi connectivity index (χ1) is 23.2. The molecule has 2 aliphatic heterocycles. The number of nitrogens with zero attached hydrogens (tertiary/aromatic N) is 3. The molecule has 0 saturated heterocycles. The Morgan fingerprint density at radius 2 is 0.936 bits per heavy atom. The maximum absolute atomic E-state index is 4.77. The monoisotopic (exact) mass is 643 g/mol. The molecule has 0 spiro atoms. The Kier molecular flexibility index (Phi) is 17.2. The largest absolute Gasteiger partial charge is 0.346 e. The number of benzene rings is 2. The highest BCUT2D eigenvalue weighted by molar-refractivity contribution is 6.11. The molecule has 258 valence electrons. The SMILES string of the molecule is CC1=NCCCNCCCCNCCCN=C(C)c2ccccc21.Cc1c2ccccc2c2n1CCCNCCCCNCCNC2. The average molecular weight is 643 g/mol. The number of fused-ring (bicyclic) bond motifs is 4. The molecule has 8 heteroatoms. The molecule has 5 N–H and O–H groups in total. The van der Waals surface area contributed by atoms with Crippen molar-refractivity contribution in [1.29, 1.82) is 0 Å². The third-order valence-electron chi connectivity index (χ3n) is 9.21. The minimum Gasteiger partial charge on any atom is -0.346 e. The molecule has 2 aliphatic rings. The van der Waals surface area contributed by atoms with E-state index in [0.717, 1.165) is 109 Å². The van der Waals surface area contributed by atoms with Crippen molar-refractivity contribution in [2.45, 2.75) is 78.8 Å². The molecule has 0 fully saturated rings. The Hall–Kier alpha value is -2.88. The lowest BCUT2D eigenvalue weighted by molar-refractivity contribution is 0.546. The van der Waals surface area contributed by atoms with E-state index in [-0.39, 0.29) is 0 Å². The third-order valence-corrected chi connectivity index (χ3v) is 9.21. The van der Waals surface area contributed by atoms with Gasteiger partial charge in [0, 0.05) is 84.0 Å². The van der Waals surface area contributed by atoms with E-state index in [1.54, 1.807) is 0 Å². The lowest BCUT2D eigenvalue weighted by Gasteiger charge is -2.13. The van der Waals surface area contributed by atoms with Crippen LogP contribution in [0.4, 0.5) is 0 Å². The van der Waals surface area contributed by atoms with Crippen LogP contribution < -0.4 is 26.6 Å². The van der Waals surface area contributed by atoms with Crippen molar-refractivity contribution in [2.24, 2.45) is 9.98 Å². The summed E-state index contributed by atoms with van der Waals surface area (Å²) in [5.41, 5.74) is 7.50. The smallest absolute Gasteiger partial charge is 0.0404 e. The number of aliphatic imine (C=N–C) groups is 2. The normalized spacial score (nSPS) is 19.2. The van der Waals surface area contributed by atoms with Crippen LogP contribution in [0.5, 0.6) is 0 Å². The summed E-state index contributed by atoms with van der Waals surface area (Å²) in [6.45, 7) is 20.0. The summed E-state index contributed by atoms with van der Waals surface area (Å²) in [5.74, 6) is 0. The molecule has 0 atom stereocenters. The number of aryl methyl sites for hydroxylation is 1. The molecule has 0 unspecified atom stereocenters. The number of hydrogen-bond acceptors (Lipinski definition) is 7. The zero-order valence-corrected chi connectivity index (χ0v) is 29.6. The molecule has 1 aromatic heterocycles. The number of hydrogen-bond donors (Lipinski definition) is 5.